The van der Waals surface area contributed by atoms with Crippen molar-refractivity contribution in [3.63, 3.8) is 0 Å². The standard InChI is InChI=1S/C9H21N3O2S.ClH/c1-4-5-11-15(13,14)12-7-6-10-8(2)9(12)3;/h8-11H,4-7H2,1-3H3;1H. The molecule has 2 atom stereocenters. The largest absolute Gasteiger partial charge is 0.311 e. The number of nitrogens with zero attached hydrogens (tertiary/aromatic N) is 1. The van der Waals surface area contributed by atoms with E-state index in [-0.39, 0.29) is 24.5 Å². The summed E-state index contributed by atoms with van der Waals surface area (Å²) in [7, 11) is -3.28. The molecule has 0 amide bonds. The van der Waals surface area contributed by atoms with Crippen molar-refractivity contribution in [2.75, 3.05) is 19.6 Å². The zero-order chi connectivity index (χ0) is 11.5. The normalized spacial score (nSPS) is 27.4. The van der Waals surface area contributed by atoms with Gasteiger partial charge in [-0.1, -0.05) is 6.92 Å². The number of piperazine rings is 1. The number of nitrogens with one attached hydrogen (secondary N) is 2. The molecule has 0 radical (unpaired) electrons. The predicted octanol–water partition coefficient (Wildman–Crippen LogP) is 0.335. The Balaban J connectivity index is 0.00000225. The summed E-state index contributed by atoms with van der Waals surface area (Å²) in [5, 5.41) is 3.26. The minimum atomic E-state index is -3.28. The Morgan fingerprint density at radius 3 is 2.62 bits per heavy atom. The maximum absolute atomic E-state index is 11.9. The average molecular weight is 272 g/mol. The Labute approximate surface area is 105 Å². The van der Waals surface area contributed by atoms with Gasteiger partial charge in [-0.15, -0.1) is 12.4 Å². The summed E-state index contributed by atoms with van der Waals surface area (Å²) in [5.74, 6) is 0. The van der Waals surface area contributed by atoms with Gasteiger partial charge in [-0.3, -0.25) is 0 Å². The molecule has 1 saturated heterocycles. The lowest BCUT2D eigenvalue weighted by Crippen LogP contribution is -2.59. The van der Waals surface area contributed by atoms with Crippen molar-refractivity contribution in [2.24, 2.45) is 0 Å². The number of halogens is 1. The highest BCUT2D eigenvalue weighted by atomic mass is 35.5. The molecule has 1 aliphatic heterocycles. The van der Waals surface area contributed by atoms with Crippen molar-refractivity contribution < 1.29 is 8.42 Å². The zero-order valence-corrected chi connectivity index (χ0v) is 11.7. The van der Waals surface area contributed by atoms with Crippen LogP contribution in [0, 0.1) is 0 Å². The first-order valence-corrected chi connectivity index (χ1v) is 6.93. The van der Waals surface area contributed by atoms with E-state index < -0.39 is 10.2 Å². The van der Waals surface area contributed by atoms with Crippen LogP contribution in [0.4, 0.5) is 0 Å². The summed E-state index contributed by atoms with van der Waals surface area (Å²) < 4.78 is 27.9. The summed E-state index contributed by atoms with van der Waals surface area (Å²) in [4.78, 5) is 0. The molecule has 0 bridgehead atoms. The fourth-order valence-corrected chi connectivity index (χ4v) is 3.26. The quantitative estimate of drug-likeness (QED) is 0.775. The molecule has 2 N–H and O–H groups in total. The highest BCUT2D eigenvalue weighted by Gasteiger charge is 2.32. The second-order valence-electron chi connectivity index (χ2n) is 3.99. The number of hydrogen-bond donors (Lipinski definition) is 2. The van der Waals surface area contributed by atoms with E-state index in [9.17, 15) is 8.42 Å². The molecular formula is C9H22ClN3O2S. The lowest BCUT2D eigenvalue weighted by Gasteiger charge is -2.37. The Morgan fingerprint density at radius 2 is 2.06 bits per heavy atom. The van der Waals surface area contributed by atoms with Gasteiger partial charge in [0.15, 0.2) is 0 Å². The van der Waals surface area contributed by atoms with E-state index in [1.165, 1.54) is 0 Å². The van der Waals surface area contributed by atoms with Crippen LogP contribution >= 0.6 is 12.4 Å². The summed E-state index contributed by atoms with van der Waals surface area (Å²) in [5.41, 5.74) is 0. The third-order valence-corrected chi connectivity index (χ3v) is 4.52. The van der Waals surface area contributed by atoms with Crippen LogP contribution in [0.25, 0.3) is 0 Å². The summed E-state index contributed by atoms with van der Waals surface area (Å²) in [6.07, 6.45) is 0.815. The van der Waals surface area contributed by atoms with E-state index in [1.54, 1.807) is 4.31 Å². The molecule has 0 spiro atoms. The van der Waals surface area contributed by atoms with Crippen molar-refractivity contribution >= 4 is 22.6 Å². The molecule has 5 nitrogen and oxygen atoms in total. The predicted molar refractivity (Wildman–Crippen MR) is 68.1 cm³/mol. The topological polar surface area (TPSA) is 61.4 Å². The third-order valence-electron chi connectivity index (χ3n) is 2.82. The molecule has 7 heteroatoms. The van der Waals surface area contributed by atoms with Gasteiger partial charge in [0, 0.05) is 31.7 Å². The zero-order valence-electron chi connectivity index (χ0n) is 10.1. The van der Waals surface area contributed by atoms with Crippen molar-refractivity contribution in [3.05, 3.63) is 0 Å². The smallest absolute Gasteiger partial charge is 0.279 e. The first-order valence-electron chi connectivity index (χ1n) is 5.49. The Kier molecular flexibility index (Phi) is 6.81. The van der Waals surface area contributed by atoms with Crippen molar-refractivity contribution in [1.29, 1.82) is 0 Å². The van der Waals surface area contributed by atoms with E-state index in [0.717, 1.165) is 13.0 Å². The van der Waals surface area contributed by atoms with Crippen LogP contribution in [0.2, 0.25) is 0 Å². The molecule has 0 saturated carbocycles. The molecule has 1 rings (SSSR count). The van der Waals surface area contributed by atoms with Crippen LogP contribution in [-0.4, -0.2) is 44.4 Å². The molecule has 16 heavy (non-hydrogen) atoms. The SMILES string of the molecule is CCCNS(=O)(=O)N1CCNC(C)C1C.Cl. The van der Waals surface area contributed by atoms with Crippen LogP contribution in [-0.2, 0) is 10.2 Å². The van der Waals surface area contributed by atoms with Gasteiger partial charge in [0.25, 0.3) is 10.2 Å². The fraction of sp³-hybridized carbons (Fsp3) is 1.00. The molecule has 1 aliphatic rings. The Hall–Kier alpha value is 0.120. The second kappa shape index (κ2) is 6.76. The van der Waals surface area contributed by atoms with E-state index in [0.29, 0.717) is 13.1 Å². The Bertz CT molecular complexity index is 297. The maximum Gasteiger partial charge on any atom is 0.279 e. The first kappa shape index (κ1) is 16.1. The lowest BCUT2D eigenvalue weighted by atomic mass is 10.1. The lowest BCUT2D eigenvalue weighted by molar-refractivity contribution is 0.230. The molecule has 0 aromatic carbocycles. The van der Waals surface area contributed by atoms with Crippen LogP contribution < -0.4 is 10.0 Å². The number of hydrogen-bond acceptors (Lipinski definition) is 3. The fourth-order valence-electron chi connectivity index (χ4n) is 1.68. The van der Waals surface area contributed by atoms with Gasteiger partial charge in [0.05, 0.1) is 0 Å². The van der Waals surface area contributed by atoms with Crippen molar-refractivity contribution in [2.45, 2.75) is 39.3 Å². The van der Waals surface area contributed by atoms with Crippen molar-refractivity contribution in [1.82, 2.24) is 14.3 Å². The molecule has 1 fully saturated rings. The van der Waals surface area contributed by atoms with Crippen LogP contribution in [0.15, 0.2) is 0 Å². The molecular weight excluding hydrogens is 250 g/mol. The van der Waals surface area contributed by atoms with E-state index in [1.807, 2.05) is 20.8 Å². The molecule has 98 valence electrons. The average Bonchev–Trinajstić information content (AvgIpc) is 2.19. The van der Waals surface area contributed by atoms with Gasteiger partial charge < -0.3 is 5.32 Å². The van der Waals surface area contributed by atoms with Gasteiger partial charge in [0.2, 0.25) is 0 Å². The van der Waals surface area contributed by atoms with E-state index in [2.05, 4.69) is 10.0 Å². The van der Waals surface area contributed by atoms with Crippen molar-refractivity contribution in [3.8, 4) is 0 Å². The summed E-state index contributed by atoms with van der Waals surface area (Å²) in [6, 6.07) is 0.213. The van der Waals surface area contributed by atoms with Crippen LogP contribution in [0.5, 0.6) is 0 Å². The van der Waals surface area contributed by atoms with Gasteiger partial charge in [0.1, 0.15) is 0 Å². The highest BCUT2D eigenvalue weighted by Crippen LogP contribution is 2.12. The molecule has 0 aliphatic carbocycles. The monoisotopic (exact) mass is 271 g/mol. The van der Waals surface area contributed by atoms with Gasteiger partial charge in [-0.2, -0.15) is 12.7 Å². The molecule has 2 unspecified atom stereocenters. The van der Waals surface area contributed by atoms with E-state index in [4.69, 9.17) is 0 Å². The first-order chi connectivity index (χ1) is 6.99. The molecule has 0 aromatic heterocycles. The third kappa shape index (κ3) is 3.85. The van der Waals surface area contributed by atoms with Gasteiger partial charge >= 0.3 is 0 Å². The maximum atomic E-state index is 11.9. The minimum absolute atomic E-state index is 0. The van der Waals surface area contributed by atoms with E-state index >= 15 is 0 Å². The van der Waals surface area contributed by atoms with Crippen LogP contribution in [0.3, 0.4) is 0 Å². The number of rotatable bonds is 4. The summed E-state index contributed by atoms with van der Waals surface area (Å²) in [6.45, 7) is 7.66. The van der Waals surface area contributed by atoms with Crippen LogP contribution in [0.1, 0.15) is 27.2 Å². The second-order valence-corrected chi connectivity index (χ2v) is 5.70. The van der Waals surface area contributed by atoms with Gasteiger partial charge in [-0.05, 0) is 20.3 Å². The molecule has 0 aromatic rings. The molecule has 1 heterocycles. The highest BCUT2D eigenvalue weighted by molar-refractivity contribution is 7.87. The summed E-state index contributed by atoms with van der Waals surface area (Å²) >= 11 is 0. The minimum Gasteiger partial charge on any atom is -0.311 e. The van der Waals surface area contributed by atoms with Gasteiger partial charge in [-0.25, -0.2) is 4.72 Å². The Morgan fingerprint density at radius 1 is 1.44 bits per heavy atom.